The van der Waals surface area contributed by atoms with E-state index < -0.39 is 6.10 Å². The number of rotatable bonds is 5. The van der Waals surface area contributed by atoms with Crippen LogP contribution in [-0.4, -0.2) is 27.4 Å². The summed E-state index contributed by atoms with van der Waals surface area (Å²) in [4.78, 5) is 0. The van der Waals surface area contributed by atoms with E-state index in [2.05, 4.69) is 26.1 Å². The Morgan fingerprint density at radius 2 is 1.71 bits per heavy atom. The summed E-state index contributed by atoms with van der Waals surface area (Å²) in [6.45, 7) is 6.56. The van der Waals surface area contributed by atoms with Crippen molar-refractivity contribution in [3.05, 3.63) is 23.8 Å². The van der Waals surface area contributed by atoms with Crippen LogP contribution in [0.25, 0.3) is 0 Å². The fraction of sp³-hybridized carbons (Fsp3) is 0.538. The predicted molar refractivity (Wildman–Crippen MR) is 67.1 cm³/mol. The first kappa shape index (κ1) is 13.8. The van der Waals surface area contributed by atoms with Crippen LogP contribution in [0.5, 0.6) is 11.5 Å². The minimum absolute atomic E-state index is 0.0418. The molecule has 0 saturated heterocycles. The van der Waals surface area contributed by atoms with Crippen molar-refractivity contribution >= 4 is 0 Å². The molecular formula is C13H21NO3. The van der Waals surface area contributed by atoms with Crippen LogP contribution in [0.3, 0.4) is 0 Å². The molecule has 0 heterocycles. The van der Waals surface area contributed by atoms with E-state index in [9.17, 15) is 15.3 Å². The maximum absolute atomic E-state index is 9.94. The number of nitrogens with one attached hydrogen (secondary N) is 1. The topological polar surface area (TPSA) is 72.7 Å². The van der Waals surface area contributed by atoms with Gasteiger partial charge < -0.3 is 20.6 Å². The second-order valence-corrected chi connectivity index (χ2v) is 4.92. The molecule has 1 rings (SSSR count). The molecule has 1 aromatic rings. The quantitative estimate of drug-likeness (QED) is 0.633. The van der Waals surface area contributed by atoms with Gasteiger partial charge in [-0.2, -0.15) is 0 Å². The Kier molecular flexibility index (Phi) is 4.37. The zero-order valence-electron chi connectivity index (χ0n) is 10.6. The van der Waals surface area contributed by atoms with Gasteiger partial charge in [-0.05, 0) is 38.0 Å². The highest BCUT2D eigenvalue weighted by Gasteiger charge is 2.17. The standard InChI is InChI=1S/C13H21NO3/c1-4-13(2,3)14-8-12(17)9-5-10(15)7-11(16)6-9/h5-7,12,14-17H,4,8H2,1-3H3. The second kappa shape index (κ2) is 5.38. The van der Waals surface area contributed by atoms with Crippen molar-refractivity contribution in [1.29, 1.82) is 0 Å². The SMILES string of the molecule is CCC(C)(C)NCC(O)c1cc(O)cc(O)c1. The lowest BCUT2D eigenvalue weighted by atomic mass is 10.0. The van der Waals surface area contributed by atoms with Gasteiger partial charge in [0, 0.05) is 18.2 Å². The van der Waals surface area contributed by atoms with Crippen LogP contribution in [-0.2, 0) is 0 Å². The Morgan fingerprint density at radius 3 is 2.18 bits per heavy atom. The van der Waals surface area contributed by atoms with E-state index in [1.165, 1.54) is 18.2 Å². The molecule has 0 aliphatic heterocycles. The van der Waals surface area contributed by atoms with E-state index in [0.29, 0.717) is 12.1 Å². The van der Waals surface area contributed by atoms with Gasteiger partial charge >= 0.3 is 0 Å². The molecule has 0 amide bonds. The summed E-state index contributed by atoms with van der Waals surface area (Å²) in [5, 5.41) is 31.8. The van der Waals surface area contributed by atoms with Gasteiger partial charge in [0.05, 0.1) is 6.10 Å². The Morgan fingerprint density at radius 1 is 1.18 bits per heavy atom. The smallest absolute Gasteiger partial charge is 0.119 e. The van der Waals surface area contributed by atoms with Crippen molar-refractivity contribution in [2.45, 2.75) is 38.8 Å². The second-order valence-electron chi connectivity index (χ2n) is 4.92. The highest BCUT2D eigenvalue weighted by molar-refractivity contribution is 5.37. The summed E-state index contributed by atoms with van der Waals surface area (Å²) in [6, 6.07) is 4.13. The number of aliphatic hydroxyl groups is 1. The van der Waals surface area contributed by atoms with Gasteiger partial charge in [0.1, 0.15) is 11.5 Å². The summed E-state index contributed by atoms with van der Waals surface area (Å²) in [5.74, 6) is -0.0948. The molecule has 0 aliphatic rings. The molecule has 17 heavy (non-hydrogen) atoms. The van der Waals surface area contributed by atoms with Crippen molar-refractivity contribution in [3.8, 4) is 11.5 Å². The maximum atomic E-state index is 9.94. The lowest BCUT2D eigenvalue weighted by Crippen LogP contribution is -2.40. The fourth-order valence-electron chi connectivity index (χ4n) is 1.43. The van der Waals surface area contributed by atoms with Crippen molar-refractivity contribution in [3.63, 3.8) is 0 Å². The van der Waals surface area contributed by atoms with Gasteiger partial charge in [-0.1, -0.05) is 6.92 Å². The normalized spacial score (nSPS) is 13.6. The molecular weight excluding hydrogens is 218 g/mol. The number of benzene rings is 1. The van der Waals surface area contributed by atoms with Gasteiger partial charge in [0.15, 0.2) is 0 Å². The average Bonchev–Trinajstić information content (AvgIpc) is 2.24. The molecule has 0 aliphatic carbocycles. The van der Waals surface area contributed by atoms with Crippen LogP contribution in [0, 0.1) is 0 Å². The van der Waals surface area contributed by atoms with Gasteiger partial charge in [-0.15, -0.1) is 0 Å². The first-order valence-corrected chi connectivity index (χ1v) is 5.80. The average molecular weight is 239 g/mol. The Hall–Kier alpha value is -1.26. The molecule has 0 saturated carbocycles. The van der Waals surface area contributed by atoms with E-state index in [1.807, 2.05) is 0 Å². The molecule has 4 nitrogen and oxygen atoms in total. The highest BCUT2D eigenvalue weighted by Crippen LogP contribution is 2.25. The predicted octanol–water partition coefficient (Wildman–Crippen LogP) is 1.91. The molecule has 0 radical (unpaired) electrons. The van der Waals surface area contributed by atoms with Crippen molar-refractivity contribution in [1.82, 2.24) is 5.32 Å². The summed E-state index contributed by atoms with van der Waals surface area (Å²) < 4.78 is 0. The summed E-state index contributed by atoms with van der Waals surface area (Å²) in [6.07, 6.45) is 0.198. The third-order valence-corrected chi connectivity index (χ3v) is 2.97. The minimum atomic E-state index is -0.751. The van der Waals surface area contributed by atoms with E-state index in [4.69, 9.17) is 0 Å². The number of hydrogen-bond acceptors (Lipinski definition) is 4. The molecule has 1 aromatic carbocycles. The third-order valence-electron chi connectivity index (χ3n) is 2.97. The number of β-amino-alcohol motifs (C(OH)–C–C–N with tert-alkyl or cyclic N) is 1. The van der Waals surface area contributed by atoms with Gasteiger partial charge in [-0.25, -0.2) is 0 Å². The number of phenolic OH excluding ortho intramolecular Hbond substituents is 2. The van der Waals surface area contributed by atoms with E-state index in [0.717, 1.165) is 6.42 Å². The van der Waals surface area contributed by atoms with Crippen molar-refractivity contribution < 1.29 is 15.3 Å². The zero-order chi connectivity index (χ0) is 13.1. The van der Waals surface area contributed by atoms with Crippen LogP contribution >= 0.6 is 0 Å². The van der Waals surface area contributed by atoms with E-state index in [-0.39, 0.29) is 17.0 Å². The minimum Gasteiger partial charge on any atom is -0.508 e. The number of aliphatic hydroxyl groups excluding tert-OH is 1. The number of aromatic hydroxyl groups is 2. The van der Waals surface area contributed by atoms with Crippen LogP contribution in [0.15, 0.2) is 18.2 Å². The Bertz CT molecular complexity index is 357. The summed E-state index contributed by atoms with van der Waals surface area (Å²) in [7, 11) is 0. The molecule has 0 aromatic heterocycles. The summed E-state index contributed by atoms with van der Waals surface area (Å²) in [5.41, 5.74) is 0.460. The lowest BCUT2D eigenvalue weighted by molar-refractivity contribution is 0.159. The van der Waals surface area contributed by atoms with Crippen molar-refractivity contribution in [2.75, 3.05) is 6.54 Å². The van der Waals surface area contributed by atoms with Crippen LogP contribution in [0.4, 0.5) is 0 Å². The largest absolute Gasteiger partial charge is 0.508 e. The first-order valence-electron chi connectivity index (χ1n) is 5.80. The van der Waals surface area contributed by atoms with Crippen LogP contribution < -0.4 is 5.32 Å². The van der Waals surface area contributed by atoms with Gasteiger partial charge in [0.2, 0.25) is 0 Å². The molecule has 1 atom stereocenters. The van der Waals surface area contributed by atoms with Crippen LogP contribution in [0.2, 0.25) is 0 Å². The molecule has 1 unspecified atom stereocenters. The maximum Gasteiger partial charge on any atom is 0.119 e. The molecule has 0 fully saturated rings. The number of hydrogen-bond donors (Lipinski definition) is 4. The molecule has 4 heteroatoms. The third kappa shape index (κ3) is 4.24. The summed E-state index contributed by atoms with van der Waals surface area (Å²) >= 11 is 0. The van der Waals surface area contributed by atoms with Gasteiger partial charge in [-0.3, -0.25) is 0 Å². The first-order chi connectivity index (χ1) is 7.84. The zero-order valence-corrected chi connectivity index (χ0v) is 10.6. The van der Waals surface area contributed by atoms with E-state index in [1.54, 1.807) is 0 Å². The molecule has 4 N–H and O–H groups in total. The van der Waals surface area contributed by atoms with Crippen LogP contribution in [0.1, 0.15) is 38.9 Å². The Labute approximate surface area is 102 Å². The molecule has 96 valence electrons. The molecule has 0 bridgehead atoms. The van der Waals surface area contributed by atoms with Gasteiger partial charge in [0.25, 0.3) is 0 Å². The van der Waals surface area contributed by atoms with Crippen molar-refractivity contribution in [2.24, 2.45) is 0 Å². The lowest BCUT2D eigenvalue weighted by Gasteiger charge is -2.26. The number of phenols is 2. The molecule has 0 spiro atoms. The monoisotopic (exact) mass is 239 g/mol. The fourth-order valence-corrected chi connectivity index (χ4v) is 1.43. The Balaban J connectivity index is 2.67. The highest BCUT2D eigenvalue weighted by atomic mass is 16.3. The van der Waals surface area contributed by atoms with E-state index >= 15 is 0 Å².